The minimum absolute atomic E-state index is 0.0914. The van der Waals surface area contributed by atoms with Crippen molar-refractivity contribution in [1.29, 1.82) is 0 Å². The molecule has 4 unspecified atom stereocenters. The van der Waals surface area contributed by atoms with E-state index in [-0.39, 0.29) is 12.8 Å². The predicted molar refractivity (Wildman–Crippen MR) is 134 cm³/mol. The number of nitrogens with zero attached hydrogens (tertiary/aromatic N) is 2. The number of nitrogens with one attached hydrogen (secondary N) is 4. The summed E-state index contributed by atoms with van der Waals surface area (Å²) >= 11 is 0. The summed E-state index contributed by atoms with van der Waals surface area (Å²) < 4.78 is 0. The van der Waals surface area contributed by atoms with E-state index in [0.717, 1.165) is 16.5 Å². The number of hydrogen-bond donors (Lipinski definition) is 6. The van der Waals surface area contributed by atoms with Crippen LogP contribution in [0.3, 0.4) is 0 Å². The first-order valence-electron chi connectivity index (χ1n) is 12.2. The molecular formula is C25H31N7O5. The van der Waals surface area contributed by atoms with Crippen LogP contribution in [0.2, 0.25) is 0 Å². The zero-order valence-electron chi connectivity index (χ0n) is 20.4. The zero-order valence-corrected chi connectivity index (χ0v) is 20.4. The predicted octanol–water partition coefficient (Wildman–Crippen LogP) is 0.0686. The van der Waals surface area contributed by atoms with E-state index in [0.29, 0.717) is 25.1 Å². The van der Waals surface area contributed by atoms with E-state index in [4.69, 9.17) is 5.73 Å². The van der Waals surface area contributed by atoms with Crippen molar-refractivity contribution >= 4 is 34.6 Å². The van der Waals surface area contributed by atoms with Crippen LogP contribution in [0.5, 0.6) is 0 Å². The van der Waals surface area contributed by atoms with Crippen molar-refractivity contribution in [2.24, 2.45) is 5.73 Å². The van der Waals surface area contributed by atoms with Gasteiger partial charge in [-0.2, -0.15) is 0 Å². The van der Waals surface area contributed by atoms with Crippen molar-refractivity contribution in [2.75, 3.05) is 6.54 Å². The van der Waals surface area contributed by atoms with Crippen molar-refractivity contribution in [3.05, 3.63) is 54.2 Å². The molecule has 1 aliphatic heterocycles. The molecule has 1 aromatic carbocycles. The van der Waals surface area contributed by atoms with E-state index in [1.54, 1.807) is 0 Å². The van der Waals surface area contributed by atoms with Gasteiger partial charge < -0.3 is 36.3 Å². The van der Waals surface area contributed by atoms with Gasteiger partial charge in [0.05, 0.1) is 12.4 Å². The third-order valence-corrected chi connectivity index (χ3v) is 6.62. The molecular weight excluding hydrogens is 478 g/mol. The largest absolute Gasteiger partial charge is 0.480 e. The summed E-state index contributed by atoms with van der Waals surface area (Å²) in [6.45, 7) is 1.79. The average molecular weight is 510 g/mol. The highest BCUT2D eigenvalue weighted by Gasteiger charge is 2.38. The van der Waals surface area contributed by atoms with Gasteiger partial charge in [-0.05, 0) is 37.8 Å². The molecule has 1 saturated heterocycles. The highest BCUT2D eigenvalue weighted by molar-refractivity contribution is 5.94. The number of aromatic nitrogens is 3. The lowest BCUT2D eigenvalue weighted by atomic mass is 10.0. The Balaban J connectivity index is 1.39. The first kappa shape index (κ1) is 25.9. The van der Waals surface area contributed by atoms with Gasteiger partial charge in [0.25, 0.3) is 0 Å². The molecule has 3 aromatic rings. The minimum atomic E-state index is -1.08. The number of rotatable bonds is 10. The Morgan fingerprint density at radius 2 is 1.95 bits per heavy atom. The molecule has 4 rings (SSSR count). The van der Waals surface area contributed by atoms with Gasteiger partial charge >= 0.3 is 5.97 Å². The van der Waals surface area contributed by atoms with Gasteiger partial charge in [0.15, 0.2) is 0 Å². The number of carboxylic acids is 1. The number of carboxylic acid groups (broad SMARTS) is 1. The molecule has 1 aliphatic rings. The van der Waals surface area contributed by atoms with E-state index >= 15 is 0 Å². The number of carbonyl (C=O) groups is 4. The molecule has 0 aliphatic carbocycles. The molecule has 0 spiro atoms. The SMILES string of the molecule is CC(NC(=O)C(N)Cc1c[nH]c2ccccc12)C(=O)NC(Cc1cnc[nH]1)C(=O)N1CCCC1C(=O)O. The first-order valence-corrected chi connectivity index (χ1v) is 12.2. The lowest BCUT2D eigenvalue weighted by molar-refractivity contribution is -0.149. The van der Waals surface area contributed by atoms with Crippen LogP contribution in [0.15, 0.2) is 43.0 Å². The summed E-state index contributed by atoms with van der Waals surface area (Å²) in [5, 5.41) is 15.7. The number of para-hydroxylation sites is 1. The Bertz CT molecular complexity index is 1270. The number of imidazole rings is 1. The third-order valence-electron chi connectivity index (χ3n) is 6.62. The molecule has 7 N–H and O–H groups in total. The molecule has 0 bridgehead atoms. The fourth-order valence-electron chi connectivity index (χ4n) is 4.62. The molecule has 4 atom stereocenters. The maximum Gasteiger partial charge on any atom is 0.326 e. The smallest absolute Gasteiger partial charge is 0.326 e. The van der Waals surface area contributed by atoms with Crippen LogP contribution in [0, 0.1) is 0 Å². The summed E-state index contributed by atoms with van der Waals surface area (Å²) in [6, 6.07) is 3.84. The van der Waals surface area contributed by atoms with Crippen molar-refractivity contribution in [1.82, 2.24) is 30.5 Å². The van der Waals surface area contributed by atoms with Gasteiger partial charge in [0, 0.05) is 42.0 Å². The maximum absolute atomic E-state index is 13.3. The number of likely N-dealkylation sites (tertiary alicyclic amines) is 1. The van der Waals surface area contributed by atoms with Gasteiger partial charge in [0.2, 0.25) is 17.7 Å². The standard InChI is InChI=1S/C25H31N7O5/c1-14(30-23(34)18(26)9-15-11-28-19-6-3-2-5-17(15)19)22(33)31-20(10-16-12-27-13-29-16)24(35)32-8-4-7-21(32)25(36)37/h2-3,5-6,11-14,18,20-21,28H,4,7-10,26H2,1H3,(H,27,29)(H,30,34)(H,31,33)(H,36,37). The van der Waals surface area contributed by atoms with Crippen LogP contribution in [0.25, 0.3) is 10.9 Å². The van der Waals surface area contributed by atoms with Crippen molar-refractivity contribution in [2.45, 2.75) is 56.8 Å². The van der Waals surface area contributed by atoms with E-state index in [9.17, 15) is 24.3 Å². The molecule has 196 valence electrons. The fraction of sp³-hybridized carbons (Fsp3) is 0.400. The number of aliphatic carboxylic acids is 1. The van der Waals surface area contributed by atoms with Crippen LogP contribution in [-0.2, 0) is 32.0 Å². The fourth-order valence-corrected chi connectivity index (χ4v) is 4.62. The molecule has 1 fully saturated rings. The van der Waals surface area contributed by atoms with Crippen LogP contribution in [-0.4, -0.2) is 79.4 Å². The number of fused-ring (bicyclic) bond motifs is 1. The van der Waals surface area contributed by atoms with Crippen LogP contribution >= 0.6 is 0 Å². The second-order valence-corrected chi connectivity index (χ2v) is 9.27. The first-order chi connectivity index (χ1) is 17.7. The average Bonchev–Trinajstić information content (AvgIpc) is 3.64. The molecule has 3 amide bonds. The number of H-pyrrole nitrogens is 2. The van der Waals surface area contributed by atoms with Gasteiger partial charge in [-0.25, -0.2) is 9.78 Å². The van der Waals surface area contributed by atoms with E-state index in [1.165, 1.54) is 24.3 Å². The third kappa shape index (κ3) is 5.97. The van der Waals surface area contributed by atoms with Gasteiger partial charge in [0.1, 0.15) is 18.1 Å². The normalized spacial score (nSPS) is 17.8. The topological polar surface area (TPSA) is 186 Å². The Labute approximate surface area is 213 Å². The number of hydrogen-bond acceptors (Lipinski definition) is 6. The highest BCUT2D eigenvalue weighted by Crippen LogP contribution is 2.20. The molecule has 3 heterocycles. The number of carbonyl (C=O) groups excluding carboxylic acids is 3. The Morgan fingerprint density at radius 1 is 1.16 bits per heavy atom. The number of benzene rings is 1. The Morgan fingerprint density at radius 3 is 2.68 bits per heavy atom. The molecule has 0 saturated carbocycles. The molecule has 37 heavy (non-hydrogen) atoms. The number of nitrogens with two attached hydrogens (primary N) is 1. The highest BCUT2D eigenvalue weighted by atomic mass is 16.4. The number of aromatic amines is 2. The summed E-state index contributed by atoms with van der Waals surface area (Å²) in [5.74, 6) is -2.67. The van der Waals surface area contributed by atoms with Gasteiger partial charge in [-0.3, -0.25) is 14.4 Å². The number of amides is 3. The van der Waals surface area contributed by atoms with Crippen molar-refractivity contribution in [3.63, 3.8) is 0 Å². The van der Waals surface area contributed by atoms with Crippen LogP contribution in [0.1, 0.15) is 31.0 Å². The van der Waals surface area contributed by atoms with Gasteiger partial charge in [-0.1, -0.05) is 18.2 Å². The van der Waals surface area contributed by atoms with E-state index in [1.807, 2.05) is 30.5 Å². The molecule has 0 radical (unpaired) electrons. The quantitative estimate of drug-likeness (QED) is 0.223. The zero-order chi connectivity index (χ0) is 26.5. The van der Waals surface area contributed by atoms with Crippen molar-refractivity contribution < 1.29 is 24.3 Å². The van der Waals surface area contributed by atoms with Gasteiger partial charge in [-0.15, -0.1) is 0 Å². The van der Waals surface area contributed by atoms with Crippen LogP contribution in [0.4, 0.5) is 0 Å². The summed E-state index contributed by atoms with van der Waals surface area (Å²) in [4.78, 5) is 61.8. The second kappa shape index (κ2) is 11.2. The monoisotopic (exact) mass is 509 g/mol. The molecule has 2 aromatic heterocycles. The maximum atomic E-state index is 13.3. The summed E-state index contributed by atoms with van der Waals surface area (Å²) in [5.41, 5.74) is 8.56. The van der Waals surface area contributed by atoms with E-state index in [2.05, 4.69) is 25.6 Å². The summed E-state index contributed by atoms with van der Waals surface area (Å²) in [7, 11) is 0. The molecule has 12 heteroatoms. The molecule has 12 nitrogen and oxygen atoms in total. The Hall–Kier alpha value is -4.19. The van der Waals surface area contributed by atoms with Crippen LogP contribution < -0.4 is 16.4 Å². The second-order valence-electron chi connectivity index (χ2n) is 9.27. The summed E-state index contributed by atoms with van der Waals surface area (Å²) in [6.07, 6.45) is 6.07. The Kier molecular flexibility index (Phi) is 7.87. The minimum Gasteiger partial charge on any atom is -0.480 e. The lowest BCUT2D eigenvalue weighted by Gasteiger charge is -2.28. The van der Waals surface area contributed by atoms with Crippen molar-refractivity contribution in [3.8, 4) is 0 Å². The van der Waals surface area contributed by atoms with E-state index < -0.39 is 47.9 Å². The lowest BCUT2D eigenvalue weighted by Crippen LogP contribution is -2.57.